The van der Waals surface area contributed by atoms with E-state index in [2.05, 4.69) is 29.4 Å². The molecule has 7 N–H and O–H groups in total. The summed E-state index contributed by atoms with van der Waals surface area (Å²) in [5, 5.41) is 61.3. The second-order valence-electron chi connectivity index (χ2n) is 28.6. The van der Waals surface area contributed by atoms with E-state index in [0.29, 0.717) is 44.9 Å². The van der Waals surface area contributed by atoms with E-state index < -0.39 is 81.9 Å². The quantitative estimate of drug-likeness (QED) is 0.00833. The van der Waals surface area contributed by atoms with Crippen molar-refractivity contribution in [1.82, 2.24) is 0 Å². The smallest absolute Gasteiger partial charge is 0.313 e. The number of cyclic esters (lactones) is 2. The molecule has 0 amide bonds. The van der Waals surface area contributed by atoms with Crippen LogP contribution in [0.2, 0.25) is 0 Å². The number of isocyanates is 4. The van der Waals surface area contributed by atoms with Crippen molar-refractivity contribution in [3.05, 3.63) is 0 Å². The lowest BCUT2D eigenvalue weighted by Crippen LogP contribution is -2.43. The maximum Gasteiger partial charge on any atom is 0.313 e. The highest BCUT2D eigenvalue weighted by atomic mass is 16.6. The summed E-state index contributed by atoms with van der Waals surface area (Å²) in [5.41, 5.74) is -2.71. The lowest BCUT2D eigenvalue weighted by Gasteiger charge is -2.33. The molecule has 1 fully saturated rings. The third-order valence-corrected chi connectivity index (χ3v) is 16.6. The molecule has 0 spiro atoms. The summed E-state index contributed by atoms with van der Waals surface area (Å²) in [6.07, 6.45) is 8.34. The average molecular weight is 1960 g/mol. The summed E-state index contributed by atoms with van der Waals surface area (Å²) in [5.74, 6) is -8.22. The molecule has 778 valence electrons. The summed E-state index contributed by atoms with van der Waals surface area (Å²) in [4.78, 5) is 212. The molecule has 0 aliphatic carbocycles. The van der Waals surface area contributed by atoms with Gasteiger partial charge in [0.05, 0.1) is 234 Å². The number of aliphatic imine (C=N–C) groups is 4. The Labute approximate surface area is 784 Å². The molecule has 0 aromatic carbocycles. The van der Waals surface area contributed by atoms with Gasteiger partial charge in [0.2, 0.25) is 24.3 Å². The minimum absolute atomic E-state index is 0. The lowest BCUT2D eigenvalue weighted by atomic mass is 9.92. The Bertz CT molecular complexity index is 3070. The Morgan fingerprint density at radius 2 is 0.467 bits per heavy atom. The Hall–Kier alpha value is -10.3. The largest absolute Gasteiger partial charge is 0.481 e. The van der Waals surface area contributed by atoms with Gasteiger partial charge in [-0.3, -0.25) is 67.1 Å². The molecule has 135 heavy (non-hydrogen) atoms. The number of rotatable bonds is 89. The van der Waals surface area contributed by atoms with Crippen LogP contribution in [-0.2, 0) is 191 Å². The van der Waals surface area contributed by atoms with Gasteiger partial charge in [0, 0.05) is 87.8 Å². The molecule has 0 unspecified atom stereocenters. The fourth-order valence-electron chi connectivity index (χ4n) is 10.3. The first-order valence-electron chi connectivity index (χ1n) is 43.4. The highest BCUT2D eigenvalue weighted by molar-refractivity contribution is 5.88. The van der Waals surface area contributed by atoms with Crippen molar-refractivity contribution in [2.45, 2.75) is 141 Å². The van der Waals surface area contributed by atoms with Crippen LogP contribution in [0.1, 0.15) is 146 Å². The van der Waals surface area contributed by atoms with Crippen molar-refractivity contribution >= 4 is 108 Å². The summed E-state index contributed by atoms with van der Waals surface area (Å²) in [6.45, 7) is 0.545. The molecule has 1 heterocycles. The van der Waals surface area contributed by atoms with Gasteiger partial charge in [-0.1, -0.05) is 0 Å². The zero-order chi connectivity index (χ0) is 100. The fourth-order valence-corrected chi connectivity index (χ4v) is 10.3. The van der Waals surface area contributed by atoms with E-state index in [9.17, 15) is 86.3 Å². The van der Waals surface area contributed by atoms with Crippen LogP contribution in [0, 0.1) is 16.2 Å². The third-order valence-electron chi connectivity index (χ3n) is 16.6. The molecule has 1 aliphatic rings. The minimum Gasteiger partial charge on any atom is -0.481 e. The van der Waals surface area contributed by atoms with Crippen LogP contribution in [0.4, 0.5) is 0 Å². The number of carboxylic acid groups (broad SMARTS) is 3. The molecule has 0 bridgehead atoms. The van der Waals surface area contributed by atoms with Crippen LogP contribution in [0.5, 0.6) is 0 Å². The molecule has 0 saturated carbocycles. The van der Waals surface area contributed by atoms with Gasteiger partial charge in [-0.2, -0.15) is 0 Å². The van der Waals surface area contributed by atoms with E-state index in [1.807, 2.05) is 0 Å². The monoisotopic (exact) mass is 1960 g/mol. The molecular formula is C84H140N4O47. The van der Waals surface area contributed by atoms with E-state index in [4.69, 9.17) is 130 Å². The number of carbonyl (C=O) groups excluding carboxylic acids is 15. The van der Waals surface area contributed by atoms with Crippen molar-refractivity contribution in [1.29, 1.82) is 0 Å². The predicted octanol–water partition coefficient (Wildman–Crippen LogP) is 0.592. The first kappa shape index (κ1) is 129. The number of aliphatic hydroxyl groups is 4. The number of carboxylic acids is 3. The number of nitrogens with zero attached hydrogens (tertiary/aromatic N) is 4. The first-order valence-corrected chi connectivity index (χ1v) is 43.4. The zero-order valence-electron chi connectivity index (χ0n) is 76.4. The van der Waals surface area contributed by atoms with Gasteiger partial charge in [-0.25, -0.2) is 39.1 Å². The Morgan fingerprint density at radius 1 is 0.281 bits per heavy atom. The van der Waals surface area contributed by atoms with E-state index in [1.165, 1.54) is 24.3 Å². The van der Waals surface area contributed by atoms with Crippen molar-refractivity contribution in [2.24, 2.45) is 36.2 Å². The van der Waals surface area contributed by atoms with Crippen molar-refractivity contribution in [3.8, 4) is 0 Å². The van der Waals surface area contributed by atoms with Gasteiger partial charge >= 0.3 is 77.6 Å². The second kappa shape index (κ2) is 94.0. The number of aliphatic carboxylic acids is 3. The van der Waals surface area contributed by atoms with Crippen LogP contribution < -0.4 is 0 Å². The first-order chi connectivity index (χ1) is 65.2. The van der Waals surface area contributed by atoms with E-state index in [-0.39, 0.29) is 390 Å². The number of hydrogen-bond acceptors (Lipinski definition) is 48. The number of hydrogen-bond donors (Lipinski definition) is 7. The Kier molecular flexibility index (Phi) is 89.7. The predicted molar refractivity (Wildman–Crippen MR) is 459 cm³/mol. The molecule has 0 aromatic heterocycles. The van der Waals surface area contributed by atoms with Gasteiger partial charge in [-0.05, 0) is 57.8 Å². The fraction of sp³-hybridized carbons (Fsp3) is 0.786. The summed E-state index contributed by atoms with van der Waals surface area (Å²) in [7, 11) is 0. The molecule has 0 aromatic rings. The van der Waals surface area contributed by atoms with Gasteiger partial charge < -0.3 is 140 Å². The standard InChI is InChI=1S/C33H48N4O16.C33H52O20.C13H28O8.C5H6O3.3H2/c38-25-34-9-1-5-29(42)50-17-13-46-21-33(22-47-14-18-51-30(43)6-2-10-35-26-39,23-48-15-19-52-31(44)7-3-11-36-27-40)24-49-16-20-53-32(45)8-4-12-37-28-41;34-25-49-12-4-11-32(44)53-20-16-48-24-33(21-45-13-17-50-29(41)8-1-5-26(35)36,22-46-14-18-51-30(42)9-2-6-27(37)38)23-47-15-19-52-31(43)10-3-7-28(39)40;14-1-5-18-9-13(10-19-6-2-15,11-20-7-3-16)12-21-8-4-17;6-4-2-1-3-5(7)8-4;;;/h1-24H2;25H,1-24H2,(H,35,36)(H,37,38)(H,39,40);14-17H,1-12H2;1-3H2;3*1H. The van der Waals surface area contributed by atoms with Crippen LogP contribution in [0.25, 0.3) is 0 Å². The molecule has 1 aliphatic heterocycles. The molecule has 0 atom stereocenters. The third kappa shape index (κ3) is 88.7. The number of esters is 10. The lowest BCUT2D eigenvalue weighted by molar-refractivity contribution is -0.163. The number of carbonyl (C=O) groups is 14. The van der Waals surface area contributed by atoms with Gasteiger partial charge in [0.1, 0.15) is 52.9 Å². The molecule has 1 saturated heterocycles. The molecule has 1 rings (SSSR count). The van der Waals surface area contributed by atoms with Crippen molar-refractivity contribution < 1.29 is 231 Å². The van der Waals surface area contributed by atoms with E-state index in [1.54, 1.807) is 0 Å². The zero-order valence-corrected chi connectivity index (χ0v) is 76.4. The van der Waals surface area contributed by atoms with Gasteiger partial charge in [0.15, 0.2) is 0 Å². The summed E-state index contributed by atoms with van der Waals surface area (Å²) < 4.78 is 118. The molecule has 0 radical (unpaired) electrons. The van der Waals surface area contributed by atoms with Gasteiger partial charge in [-0.15, -0.1) is 0 Å². The van der Waals surface area contributed by atoms with E-state index in [0.717, 1.165) is 0 Å². The SMILES string of the molecule is O=C1CCCC(=O)O1.O=C=NCCCC(=O)OCCOCC(COCCOC(=O)CCCN=C=O)(COCCOC(=O)CCCN=C=O)COCCOC(=O)CCCN=C=O.O=COCCCC(=O)OCCOCC(COCCOC(=O)CCCC(=O)O)(COCCOC(=O)CCCC(=O)O)COCCOC(=O)CCCC(=O)O.OCCOCC(COCCO)(COCCO)COCCO.[HH].[HH].[HH]. The molecule has 51 nitrogen and oxygen atoms in total. The normalized spacial score (nSPS) is 11.8. The molecule has 51 heteroatoms. The van der Waals surface area contributed by atoms with Crippen molar-refractivity contribution in [3.63, 3.8) is 0 Å². The van der Waals surface area contributed by atoms with E-state index >= 15 is 0 Å². The number of aliphatic hydroxyl groups excluding tert-OH is 4. The highest BCUT2D eigenvalue weighted by Crippen LogP contribution is 2.25. The topological polar surface area (TPSA) is 701 Å². The van der Waals surface area contributed by atoms with Crippen LogP contribution in [-0.4, -0.2) is 415 Å². The maximum atomic E-state index is 11.9. The highest BCUT2D eigenvalue weighted by Gasteiger charge is 2.36. The van der Waals surface area contributed by atoms with Crippen LogP contribution in [0.3, 0.4) is 0 Å². The van der Waals surface area contributed by atoms with Crippen LogP contribution >= 0.6 is 0 Å². The molecular weight excluding hydrogens is 1820 g/mol. The Balaban J connectivity index is -0.000000480. The van der Waals surface area contributed by atoms with Crippen LogP contribution in [0.15, 0.2) is 20.0 Å². The minimum atomic E-state index is -1.07. The Morgan fingerprint density at radius 3 is 0.630 bits per heavy atom. The number of ether oxygens (including phenoxy) is 22. The average Bonchev–Trinajstić information content (AvgIpc) is 0.846. The summed E-state index contributed by atoms with van der Waals surface area (Å²) >= 11 is 0. The van der Waals surface area contributed by atoms with Crippen molar-refractivity contribution in [2.75, 3.05) is 271 Å². The second-order valence-corrected chi connectivity index (χ2v) is 28.6. The summed E-state index contributed by atoms with van der Waals surface area (Å²) in [6, 6.07) is 0. The van der Waals surface area contributed by atoms with Gasteiger partial charge in [0.25, 0.3) is 6.47 Å². The maximum absolute atomic E-state index is 11.9.